The van der Waals surface area contributed by atoms with Gasteiger partial charge in [-0.2, -0.15) is 0 Å². The summed E-state index contributed by atoms with van der Waals surface area (Å²) >= 11 is 11.9. The van der Waals surface area contributed by atoms with E-state index in [4.69, 9.17) is 28.9 Å². The molecule has 1 saturated carbocycles. The first-order valence-corrected chi connectivity index (χ1v) is 7.43. The van der Waals surface area contributed by atoms with Crippen molar-refractivity contribution >= 4 is 34.8 Å². The van der Waals surface area contributed by atoms with E-state index in [0.29, 0.717) is 18.2 Å². The summed E-state index contributed by atoms with van der Waals surface area (Å²) in [6.45, 7) is 0.526. The van der Waals surface area contributed by atoms with Crippen LogP contribution < -0.4 is 11.1 Å². The van der Waals surface area contributed by atoms with Crippen molar-refractivity contribution < 1.29 is 9.90 Å². The Kier molecular flexibility index (Phi) is 5.13. The quantitative estimate of drug-likeness (QED) is 0.750. The SMILES string of the molecule is Nc1cc(Cl)c(Cl)c(C(=O)NCC2CCCC(O)C2)c1. The van der Waals surface area contributed by atoms with Crippen LogP contribution in [0.25, 0.3) is 0 Å². The smallest absolute Gasteiger partial charge is 0.252 e. The minimum Gasteiger partial charge on any atom is -0.399 e. The molecular weight excluding hydrogens is 299 g/mol. The number of amides is 1. The fourth-order valence-electron chi connectivity index (χ4n) is 2.56. The van der Waals surface area contributed by atoms with Gasteiger partial charge in [0.2, 0.25) is 0 Å². The molecule has 1 fully saturated rings. The molecule has 1 aromatic carbocycles. The van der Waals surface area contributed by atoms with E-state index in [9.17, 15) is 9.90 Å². The number of rotatable bonds is 3. The molecule has 1 aliphatic rings. The largest absolute Gasteiger partial charge is 0.399 e. The summed E-state index contributed by atoms with van der Waals surface area (Å²) < 4.78 is 0. The Morgan fingerprint density at radius 1 is 1.40 bits per heavy atom. The van der Waals surface area contributed by atoms with Crippen molar-refractivity contribution in [2.75, 3.05) is 12.3 Å². The second kappa shape index (κ2) is 6.66. The molecule has 0 radical (unpaired) electrons. The molecule has 1 aliphatic carbocycles. The molecule has 6 heteroatoms. The standard InChI is InChI=1S/C14H18Cl2N2O2/c15-12-6-9(17)5-11(13(12)16)14(20)18-7-8-2-1-3-10(19)4-8/h5-6,8,10,19H,1-4,7,17H2,(H,18,20). The highest BCUT2D eigenvalue weighted by atomic mass is 35.5. The van der Waals surface area contributed by atoms with Gasteiger partial charge in [-0.05, 0) is 37.3 Å². The number of carbonyl (C=O) groups is 1. The first kappa shape index (κ1) is 15.4. The van der Waals surface area contributed by atoms with Gasteiger partial charge in [0.05, 0.1) is 21.7 Å². The fourth-order valence-corrected chi connectivity index (χ4v) is 2.98. The number of halogens is 2. The Morgan fingerprint density at radius 3 is 2.85 bits per heavy atom. The zero-order valence-electron chi connectivity index (χ0n) is 11.0. The topological polar surface area (TPSA) is 75.4 Å². The molecule has 2 unspecified atom stereocenters. The molecule has 1 aromatic rings. The van der Waals surface area contributed by atoms with Gasteiger partial charge < -0.3 is 16.2 Å². The van der Waals surface area contributed by atoms with Crippen LogP contribution in [0.5, 0.6) is 0 Å². The maximum atomic E-state index is 12.1. The van der Waals surface area contributed by atoms with Crippen LogP contribution in [0.1, 0.15) is 36.0 Å². The summed E-state index contributed by atoms with van der Waals surface area (Å²) in [5, 5.41) is 12.9. The molecule has 0 aliphatic heterocycles. The van der Waals surface area contributed by atoms with Gasteiger partial charge in [-0.15, -0.1) is 0 Å². The van der Waals surface area contributed by atoms with Crippen LogP contribution in [0.4, 0.5) is 5.69 Å². The Morgan fingerprint density at radius 2 is 2.15 bits per heavy atom. The van der Waals surface area contributed by atoms with Crippen molar-refractivity contribution in [1.29, 1.82) is 0 Å². The average Bonchev–Trinajstić information content (AvgIpc) is 2.40. The molecular formula is C14H18Cl2N2O2. The first-order chi connectivity index (χ1) is 9.47. The van der Waals surface area contributed by atoms with Crippen LogP contribution in [-0.2, 0) is 0 Å². The highest BCUT2D eigenvalue weighted by Gasteiger charge is 2.21. The van der Waals surface area contributed by atoms with E-state index in [1.54, 1.807) is 0 Å². The fraction of sp³-hybridized carbons (Fsp3) is 0.500. The molecule has 2 atom stereocenters. The summed E-state index contributed by atoms with van der Waals surface area (Å²) in [4.78, 5) is 12.1. The van der Waals surface area contributed by atoms with Crippen LogP contribution in [0, 0.1) is 5.92 Å². The highest BCUT2D eigenvalue weighted by molar-refractivity contribution is 6.44. The lowest BCUT2D eigenvalue weighted by Crippen LogP contribution is -2.33. The number of nitrogens with one attached hydrogen (secondary N) is 1. The van der Waals surface area contributed by atoms with Crippen molar-refractivity contribution in [2.45, 2.75) is 31.8 Å². The number of aliphatic hydroxyl groups excluding tert-OH is 1. The maximum Gasteiger partial charge on any atom is 0.252 e. The lowest BCUT2D eigenvalue weighted by molar-refractivity contribution is 0.0874. The second-order valence-corrected chi connectivity index (χ2v) is 6.05. The van der Waals surface area contributed by atoms with E-state index < -0.39 is 0 Å². The molecule has 0 spiro atoms. The zero-order valence-corrected chi connectivity index (χ0v) is 12.5. The van der Waals surface area contributed by atoms with E-state index in [1.165, 1.54) is 12.1 Å². The van der Waals surface area contributed by atoms with E-state index in [-0.39, 0.29) is 27.6 Å². The van der Waals surface area contributed by atoms with Crippen LogP contribution in [-0.4, -0.2) is 23.7 Å². The van der Waals surface area contributed by atoms with Gasteiger partial charge in [0.25, 0.3) is 5.91 Å². The molecule has 0 heterocycles. The summed E-state index contributed by atoms with van der Waals surface area (Å²) in [5.41, 5.74) is 6.35. The zero-order chi connectivity index (χ0) is 14.7. The summed E-state index contributed by atoms with van der Waals surface area (Å²) in [6.07, 6.45) is 3.33. The predicted octanol–water partition coefficient (Wildman–Crippen LogP) is 2.86. The summed E-state index contributed by atoms with van der Waals surface area (Å²) in [7, 11) is 0. The summed E-state index contributed by atoms with van der Waals surface area (Å²) in [5.74, 6) is 0.0160. The van der Waals surface area contributed by atoms with Crippen LogP contribution >= 0.6 is 23.2 Å². The Labute approximate surface area is 128 Å². The Hall–Kier alpha value is -0.970. The number of hydrogen-bond acceptors (Lipinski definition) is 3. The monoisotopic (exact) mass is 316 g/mol. The van der Waals surface area contributed by atoms with E-state index >= 15 is 0 Å². The number of hydrogen-bond donors (Lipinski definition) is 3. The van der Waals surface area contributed by atoms with E-state index in [0.717, 1.165) is 25.7 Å². The third-order valence-electron chi connectivity index (χ3n) is 3.60. The molecule has 1 amide bonds. The number of nitrogen functional groups attached to an aromatic ring is 1. The van der Waals surface area contributed by atoms with Gasteiger partial charge in [-0.1, -0.05) is 29.6 Å². The van der Waals surface area contributed by atoms with Gasteiger partial charge in [-0.25, -0.2) is 0 Å². The summed E-state index contributed by atoms with van der Waals surface area (Å²) in [6, 6.07) is 3.03. The number of benzene rings is 1. The maximum absolute atomic E-state index is 12.1. The normalized spacial score (nSPS) is 22.6. The predicted molar refractivity (Wildman–Crippen MR) is 81.2 cm³/mol. The Balaban J connectivity index is 1.98. The van der Waals surface area contributed by atoms with Gasteiger partial charge >= 0.3 is 0 Å². The highest BCUT2D eigenvalue weighted by Crippen LogP contribution is 2.29. The molecule has 0 aromatic heterocycles. The lowest BCUT2D eigenvalue weighted by atomic mass is 9.87. The third-order valence-corrected chi connectivity index (χ3v) is 4.40. The number of nitrogens with two attached hydrogens (primary N) is 1. The van der Waals surface area contributed by atoms with Crippen LogP contribution in [0.3, 0.4) is 0 Å². The van der Waals surface area contributed by atoms with Gasteiger partial charge in [0, 0.05) is 12.2 Å². The molecule has 4 nitrogen and oxygen atoms in total. The second-order valence-electron chi connectivity index (χ2n) is 5.26. The van der Waals surface area contributed by atoms with Crippen LogP contribution in [0.15, 0.2) is 12.1 Å². The van der Waals surface area contributed by atoms with Gasteiger partial charge in [0.1, 0.15) is 0 Å². The molecule has 0 bridgehead atoms. The van der Waals surface area contributed by atoms with Gasteiger partial charge in [0.15, 0.2) is 0 Å². The first-order valence-electron chi connectivity index (χ1n) is 6.68. The number of aliphatic hydroxyl groups is 1. The minimum atomic E-state index is -0.288. The van der Waals surface area contributed by atoms with Crippen molar-refractivity contribution in [3.8, 4) is 0 Å². The van der Waals surface area contributed by atoms with Crippen LogP contribution in [0.2, 0.25) is 10.0 Å². The van der Waals surface area contributed by atoms with E-state index in [2.05, 4.69) is 5.32 Å². The van der Waals surface area contributed by atoms with E-state index in [1.807, 2.05) is 0 Å². The average molecular weight is 317 g/mol. The third kappa shape index (κ3) is 3.78. The van der Waals surface area contributed by atoms with Crippen molar-refractivity contribution in [2.24, 2.45) is 5.92 Å². The molecule has 4 N–H and O–H groups in total. The van der Waals surface area contributed by atoms with Crippen molar-refractivity contribution in [3.05, 3.63) is 27.7 Å². The number of carbonyl (C=O) groups excluding carboxylic acids is 1. The molecule has 2 rings (SSSR count). The van der Waals surface area contributed by atoms with Gasteiger partial charge in [-0.3, -0.25) is 4.79 Å². The molecule has 110 valence electrons. The van der Waals surface area contributed by atoms with Crippen molar-refractivity contribution in [3.63, 3.8) is 0 Å². The molecule has 20 heavy (non-hydrogen) atoms. The lowest BCUT2D eigenvalue weighted by Gasteiger charge is -2.26. The Bertz CT molecular complexity index is 508. The van der Waals surface area contributed by atoms with Crippen molar-refractivity contribution in [1.82, 2.24) is 5.32 Å². The number of anilines is 1. The minimum absolute atomic E-state index is 0.210. The molecule has 0 saturated heterocycles.